The Bertz CT molecular complexity index is 1420. The summed E-state index contributed by atoms with van der Waals surface area (Å²) in [5.74, 6) is -1.26. The molecule has 5 aliphatic carbocycles. The van der Waals surface area contributed by atoms with Gasteiger partial charge in [0.15, 0.2) is 12.1 Å². The largest absolute Gasteiger partial charge is 0.511 e. The third kappa shape index (κ3) is 6.38. The van der Waals surface area contributed by atoms with Gasteiger partial charge in [0.2, 0.25) is 0 Å². The van der Waals surface area contributed by atoms with Gasteiger partial charge in [-0.3, -0.25) is 14.9 Å². The summed E-state index contributed by atoms with van der Waals surface area (Å²) in [5, 5.41) is 65.8. The molecule has 3 saturated heterocycles. The van der Waals surface area contributed by atoms with Crippen molar-refractivity contribution in [2.75, 3.05) is 24.8 Å². The third-order valence-corrected chi connectivity index (χ3v) is 16.9. The molecule has 6 bridgehead atoms. The predicted octanol–water partition coefficient (Wildman–Crippen LogP) is 3.89. The fraction of sp³-hybridized carbons (Fsp3) is 0.846. The third-order valence-electron chi connectivity index (χ3n) is 14.7. The lowest BCUT2D eigenvalue weighted by Crippen LogP contribution is -2.70. The first-order chi connectivity index (χ1) is 25.1. The van der Waals surface area contributed by atoms with Crippen molar-refractivity contribution in [3.8, 4) is 0 Å². The minimum absolute atomic E-state index is 0.0141. The molecule has 8 rings (SSSR count). The number of ether oxygens (including phenoxy) is 2. The number of fused-ring (bicyclic) bond motifs is 5. The Morgan fingerprint density at radius 3 is 2.46 bits per heavy atom. The molecule has 12 unspecified atom stereocenters. The Kier molecular flexibility index (Phi) is 11.0. The number of piperidine rings is 1. The van der Waals surface area contributed by atoms with Crippen LogP contribution in [-0.4, -0.2) is 104 Å². The molecule has 0 aromatic rings. The van der Waals surface area contributed by atoms with Crippen molar-refractivity contribution in [1.29, 1.82) is 0 Å². The van der Waals surface area contributed by atoms with E-state index in [1.807, 2.05) is 6.08 Å². The van der Waals surface area contributed by atoms with Crippen molar-refractivity contribution < 1.29 is 44.6 Å². The quantitative estimate of drug-likeness (QED) is 0.202. The Labute approximate surface area is 314 Å². The number of carbonyl (C=O) groups is 2. The highest BCUT2D eigenvalue weighted by Gasteiger charge is 2.65. The number of Topliss-reactive ketones (excluding diaryl/α,β-unsaturated/α-hetero) is 2. The van der Waals surface area contributed by atoms with Gasteiger partial charge in [0.05, 0.1) is 36.6 Å². The lowest BCUT2D eigenvalue weighted by atomic mass is 9.52. The van der Waals surface area contributed by atoms with E-state index < -0.39 is 66.1 Å². The van der Waals surface area contributed by atoms with Crippen LogP contribution in [0.25, 0.3) is 0 Å². The van der Waals surface area contributed by atoms with Gasteiger partial charge in [-0.2, -0.15) is 0 Å². The predicted molar refractivity (Wildman–Crippen MR) is 198 cm³/mol. The number of allylic oxidation sites excluding steroid dienone is 4. The average molecular weight is 763 g/mol. The first-order valence-electron chi connectivity index (χ1n) is 20.0. The molecule has 0 aromatic heterocycles. The molecule has 11 nitrogen and oxygen atoms in total. The van der Waals surface area contributed by atoms with Crippen molar-refractivity contribution in [2.45, 2.75) is 139 Å². The number of ketones is 2. The summed E-state index contributed by atoms with van der Waals surface area (Å²) in [5.41, 5.74) is -2.84. The molecule has 2 spiro atoms. The van der Waals surface area contributed by atoms with E-state index in [4.69, 9.17) is 9.47 Å². The SMILES string of the molecule is O=C1C2CCCC3OC4OC(CO)C(O)C(O)(CC5(CCCC5)C5CCNC(C5)NCSSCC5(C(=O)C32)C(O)=CC(C2CCCCC2)=CC15)C4O. The lowest BCUT2D eigenvalue weighted by molar-refractivity contribution is -0.350. The van der Waals surface area contributed by atoms with E-state index in [1.165, 1.54) is 17.2 Å². The fourth-order valence-corrected chi connectivity index (χ4v) is 14.2. The summed E-state index contributed by atoms with van der Waals surface area (Å²) in [7, 11) is 3.11. The van der Waals surface area contributed by atoms with Gasteiger partial charge in [-0.05, 0) is 93.2 Å². The second-order valence-corrected chi connectivity index (χ2v) is 19.8. The Morgan fingerprint density at radius 2 is 1.69 bits per heavy atom. The normalized spacial score (nSPS) is 46.1. The zero-order valence-electron chi connectivity index (χ0n) is 30.1. The Hall–Kier alpha value is -1.00. The van der Waals surface area contributed by atoms with Crippen molar-refractivity contribution in [1.82, 2.24) is 10.6 Å². The maximum atomic E-state index is 15.2. The van der Waals surface area contributed by atoms with E-state index in [9.17, 15) is 30.3 Å². The summed E-state index contributed by atoms with van der Waals surface area (Å²) in [6.07, 6.45) is 9.69. The van der Waals surface area contributed by atoms with E-state index in [0.29, 0.717) is 25.1 Å². The van der Waals surface area contributed by atoms with Crippen molar-refractivity contribution >= 4 is 33.2 Å². The first-order valence-corrected chi connectivity index (χ1v) is 22.5. The molecule has 7 fully saturated rings. The van der Waals surface area contributed by atoms with Gasteiger partial charge in [-0.1, -0.05) is 66.2 Å². The molecule has 13 heteroatoms. The highest BCUT2D eigenvalue weighted by Crippen LogP contribution is 2.58. The maximum absolute atomic E-state index is 15.2. The first kappa shape index (κ1) is 37.9. The monoisotopic (exact) mass is 762 g/mol. The van der Waals surface area contributed by atoms with Crippen LogP contribution in [0.2, 0.25) is 0 Å². The van der Waals surface area contributed by atoms with Gasteiger partial charge < -0.3 is 40.3 Å². The molecule has 0 radical (unpaired) electrons. The number of carbonyl (C=O) groups excluding carboxylic acids is 2. The molecule has 290 valence electrons. The van der Waals surface area contributed by atoms with Crippen molar-refractivity contribution in [2.24, 2.45) is 40.4 Å². The molecular weight excluding hydrogens is 705 g/mol. The summed E-state index contributed by atoms with van der Waals surface area (Å²) < 4.78 is 12.6. The summed E-state index contributed by atoms with van der Waals surface area (Å²) in [6, 6.07) is 0. The van der Waals surface area contributed by atoms with E-state index >= 15 is 4.79 Å². The van der Waals surface area contributed by atoms with Crippen LogP contribution in [0.4, 0.5) is 0 Å². The summed E-state index contributed by atoms with van der Waals surface area (Å²) in [4.78, 5) is 29.9. The van der Waals surface area contributed by atoms with E-state index in [-0.39, 0.29) is 52.9 Å². The van der Waals surface area contributed by atoms with E-state index in [0.717, 1.165) is 76.3 Å². The molecule has 3 heterocycles. The lowest BCUT2D eigenvalue weighted by Gasteiger charge is -2.55. The van der Waals surface area contributed by atoms with Crippen molar-refractivity contribution in [3.63, 3.8) is 0 Å². The summed E-state index contributed by atoms with van der Waals surface area (Å²) in [6.45, 7) is 0.198. The van der Waals surface area contributed by atoms with Gasteiger partial charge >= 0.3 is 0 Å². The second-order valence-electron chi connectivity index (χ2n) is 17.3. The average Bonchev–Trinajstić information content (AvgIpc) is 3.64. The molecule has 0 amide bonds. The van der Waals surface area contributed by atoms with Gasteiger partial charge in [-0.15, -0.1) is 0 Å². The van der Waals surface area contributed by atoms with E-state index in [1.54, 1.807) is 16.9 Å². The molecule has 12 atom stereocenters. The number of rotatable bonds is 2. The van der Waals surface area contributed by atoms with Crippen LogP contribution in [0.15, 0.2) is 23.5 Å². The number of nitrogens with one attached hydrogen (secondary N) is 2. The minimum atomic E-state index is -2.04. The zero-order valence-corrected chi connectivity index (χ0v) is 31.8. The molecule has 52 heavy (non-hydrogen) atoms. The zero-order chi connectivity index (χ0) is 36.3. The molecular formula is C39H58N2O9S2. The van der Waals surface area contributed by atoms with Crippen LogP contribution in [0.1, 0.15) is 96.3 Å². The highest BCUT2D eigenvalue weighted by molar-refractivity contribution is 8.76. The molecule has 8 aliphatic rings. The molecule has 4 saturated carbocycles. The minimum Gasteiger partial charge on any atom is -0.511 e. The number of aliphatic hydroxyl groups is 5. The van der Waals surface area contributed by atoms with Crippen LogP contribution in [0.5, 0.6) is 0 Å². The van der Waals surface area contributed by atoms with Gasteiger partial charge in [0.1, 0.15) is 40.9 Å². The Morgan fingerprint density at radius 1 is 0.904 bits per heavy atom. The number of hydrogen-bond acceptors (Lipinski definition) is 13. The van der Waals surface area contributed by atoms with Crippen LogP contribution >= 0.6 is 21.6 Å². The van der Waals surface area contributed by atoms with Crippen LogP contribution in [-0.2, 0) is 19.1 Å². The molecule has 0 aromatic carbocycles. The van der Waals surface area contributed by atoms with Gasteiger partial charge in [0.25, 0.3) is 0 Å². The van der Waals surface area contributed by atoms with E-state index in [2.05, 4.69) is 10.6 Å². The number of hydrogen-bond donors (Lipinski definition) is 7. The molecule has 7 N–H and O–H groups in total. The second kappa shape index (κ2) is 15.2. The Balaban J connectivity index is 1.17. The van der Waals surface area contributed by atoms with Gasteiger partial charge in [0, 0.05) is 11.7 Å². The van der Waals surface area contributed by atoms with Crippen LogP contribution in [0, 0.1) is 40.4 Å². The maximum Gasteiger partial charge on any atom is 0.187 e. The fourth-order valence-electron chi connectivity index (χ4n) is 11.9. The number of aliphatic hydroxyl groups excluding tert-OH is 4. The van der Waals surface area contributed by atoms with Crippen molar-refractivity contribution in [3.05, 3.63) is 23.5 Å². The molecule has 3 aliphatic heterocycles. The highest BCUT2D eigenvalue weighted by atomic mass is 33.1. The van der Waals surface area contributed by atoms with Crippen LogP contribution in [0.3, 0.4) is 0 Å². The standard InChI is InChI=1S/C39H58N2O9S2/c42-18-28-33(45)39(48)19-37(12-4-5-13-37)24-11-14-40-30(17-24)41-21-52-51-20-38-26(15-23(16-29(38)43)22-7-2-1-3-8-22)32(44)25-9-6-10-27(31(25)34(38)46)49-36(50-28)35(39)47/h15-16,22,24-28,30-31,33,35-36,40-43,45,47-48H,1-14,17-21H2. The summed E-state index contributed by atoms with van der Waals surface area (Å²) >= 11 is 0. The van der Waals surface area contributed by atoms with Gasteiger partial charge in [-0.25, -0.2) is 0 Å². The van der Waals surface area contributed by atoms with Crippen LogP contribution < -0.4 is 10.6 Å². The smallest absolute Gasteiger partial charge is 0.187 e. The topological polar surface area (TPSA) is 178 Å².